The molecule has 2 heterocycles. The first-order valence-corrected chi connectivity index (χ1v) is 7.48. The molecule has 1 unspecified atom stereocenters. The van der Waals surface area contributed by atoms with Gasteiger partial charge >= 0.3 is 0 Å². The van der Waals surface area contributed by atoms with Crippen LogP contribution in [-0.2, 0) is 4.74 Å². The number of hydrogen-bond acceptors (Lipinski definition) is 3. The Morgan fingerprint density at radius 2 is 2.38 bits per heavy atom. The van der Waals surface area contributed by atoms with E-state index in [1.807, 2.05) is 24.4 Å². The standard InChI is InChI=1S/C15H18N4OS/c21-15(17-10-12-4-3-7-20-12)19-18-9-11-8-16-14-6-2-1-5-13(11)14/h1-2,5-6,8-9,12,16H,3-4,7,10H2,(H2,17,19,21). The zero-order chi connectivity index (χ0) is 14.5. The molecule has 1 aromatic carbocycles. The summed E-state index contributed by atoms with van der Waals surface area (Å²) in [5, 5.41) is 8.94. The smallest absolute Gasteiger partial charge is 0.187 e. The zero-order valence-corrected chi connectivity index (χ0v) is 12.5. The maximum absolute atomic E-state index is 5.52. The number of nitrogens with zero attached hydrogens (tertiary/aromatic N) is 1. The molecule has 110 valence electrons. The Morgan fingerprint density at radius 1 is 1.48 bits per heavy atom. The van der Waals surface area contributed by atoms with Crippen molar-refractivity contribution in [3.63, 3.8) is 0 Å². The van der Waals surface area contributed by atoms with Crippen molar-refractivity contribution in [3.05, 3.63) is 36.0 Å². The second kappa shape index (κ2) is 6.69. The number of ether oxygens (including phenoxy) is 1. The number of nitrogens with one attached hydrogen (secondary N) is 3. The van der Waals surface area contributed by atoms with Crippen LogP contribution < -0.4 is 10.7 Å². The molecular formula is C15H18N4OS. The zero-order valence-electron chi connectivity index (χ0n) is 11.6. The number of aromatic amines is 1. The van der Waals surface area contributed by atoms with Gasteiger partial charge in [-0.3, -0.25) is 5.43 Å². The van der Waals surface area contributed by atoms with Crippen LogP contribution in [0.1, 0.15) is 18.4 Å². The van der Waals surface area contributed by atoms with E-state index in [0.717, 1.165) is 42.5 Å². The van der Waals surface area contributed by atoms with Crippen LogP contribution in [0, 0.1) is 0 Å². The Labute approximate surface area is 128 Å². The van der Waals surface area contributed by atoms with Crippen LogP contribution in [-0.4, -0.2) is 35.6 Å². The summed E-state index contributed by atoms with van der Waals surface area (Å²) in [6.07, 6.45) is 6.18. The molecule has 0 radical (unpaired) electrons. The lowest BCUT2D eigenvalue weighted by Crippen LogP contribution is -2.37. The molecule has 3 N–H and O–H groups in total. The van der Waals surface area contributed by atoms with Crippen LogP contribution in [0.25, 0.3) is 10.9 Å². The summed E-state index contributed by atoms with van der Waals surface area (Å²) in [5.41, 5.74) is 4.95. The molecule has 1 aromatic heterocycles. The molecule has 1 atom stereocenters. The molecule has 0 amide bonds. The Hall–Kier alpha value is -1.92. The Morgan fingerprint density at radius 3 is 3.24 bits per heavy atom. The fraction of sp³-hybridized carbons (Fsp3) is 0.333. The van der Waals surface area contributed by atoms with E-state index in [2.05, 4.69) is 26.9 Å². The van der Waals surface area contributed by atoms with E-state index >= 15 is 0 Å². The molecule has 3 rings (SSSR count). The summed E-state index contributed by atoms with van der Waals surface area (Å²) >= 11 is 5.18. The monoisotopic (exact) mass is 302 g/mol. The maximum atomic E-state index is 5.52. The first-order chi connectivity index (χ1) is 10.3. The minimum absolute atomic E-state index is 0.266. The minimum Gasteiger partial charge on any atom is -0.376 e. The fourth-order valence-electron chi connectivity index (χ4n) is 2.41. The predicted molar refractivity (Wildman–Crippen MR) is 88.6 cm³/mol. The number of H-pyrrole nitrogens is 1. The van der Waals surface area contributed by atoms with Crippen molar-refractivity contribution < 1.29 is 4.74 Å². The van der Waals surface area contributed by atoms with E-state index < -0.39 is 0 Å². The van der Waals surface area contributed by atoms with Crippen LogP contribution in [0.3, 0.4) is 0 Å². The molecule has 1 saturated heterocycles. The molecule has 0 bridgehead atoms. The number of hydrazone groups is 1. The average molecular weight is 302 g/mol. The van der Waals surface area contributed by atoms with E-state index in [9.17, 15) is 0 Å². The van der Waals surface area contributed by atoms with Crippen molar-refractivity contribution in [1.29, 1.82) is 0 Å². The molecule has 6 heteroatoms. The average Bonchev–Trinajstić information content (AvgIpc) is 3.15. The van der Waals surface area contributed by atoms with Gasteiger partial charge < -0.3 is 15.0 Å². The highest BCUT2D eigenvalue weighted by Gasteiger charge is 2.14. The first-order valence-electron chi connectivity index (χ1n) is 7.07. The number of para-hydroxylation sites is 1. The van der Waals surface area contributed by atoms with Gasteiger partial charge in [0.25, 0.3) is 0 Å². The van der Waals surface area contributed by atoms with E-state index in [4.69, 9.17) is 17.0 Å². The SMILES string of the molecule is S=C(NCC1CCCO1)NN=Cc1c[nH]c2ccccc12. The van der Waals surface area contributed by atoms with Gasteiger partial charge in [0.15, 0.2) is 5.11 Å². The number of rotatable bonds is 4. The lowest BCUT2D eigenvalue weighted by molar-refractivity contribution is 0.114. The summed E-state index contributed by atoms with van der Waals surface area (Å²) in [4.78, 5) is 3.20. The molecule has 21 heavy (non-hydrogen) atoms. The Kier molecular flexibility index (Phi) is 4.47. The molecule has 0 spiro atoms. The highest BCUT2D eigenvalue weighted by Crippen LogP contribution is 2.15. The van der Waals surface area contributed by atoms with Crippen LogP contribution >= 0.6 is 12.2 Å². The summed E-state index contributed by atoms with van der Waals surface area (Å²) in [7, 11) is 0. The molecule has 1 aliphatic rings. The second-order valence-electron chi connectivity index (χ2n) is 5.00. The third kappa shape index (κ3) is 3.59. The Bertz CT molecular complexity index is 646. The number of fused-ring (bicyclic) bond motifs is 1. The second-order valence-corrected chi connectivity index (χ2v) is 5.41. The van der Waals surface area contributed by atoms with Crippen molar-refractivity contribution in [3.8, 4) is 0 Å². The molecule has 1 aliphatic heterocycles. The first kappa shape index (κ1) is 14.0. The molecule has 2 aromatic rings. The van der Waals surface area contributed by atoms with Gasteiger partial charge in [-0.1, -0.05) is 18.2 Å². The van der Waals surface area contributed by atoms with E-state index in [1.165, 1.54) is 0 Å². The lowest BCUT2D eigenvalue weighted by atomic mass is 10.2. The van der Waals surface area contributed by atoms with E-state index in [-0.39, 0.29) is 6.10 Å². The van der Waals surface area contributed by atoms with Crippen molar-refractivity contribution in [2.24, 2.45) is 5.10 Å². The van der Waals surface area contributed by atoms with Crippen molar-refractivity contribution in [2.45, 2.75) is 18.9 Å². The topological polar surface area (TPSA) is 61.4 Å². The number of hydrogen-bond donors (Lipinski definition) is 3. The number of thiocarbonyl (C=S) groups is 1. The highest BCUT2D eigenvalue weighted by molar-refractivity contribution is 7.80. The van der Waals surface area contributed by atoms with Crippen LogP contribution in [0.15, 0.2) is 35.6 Å². The van der Waals surface area contributed by atoms with Gasteiger partial charge in [0.1, 0.15) is 0 Å². The van der Waals surface area contributed by atoms with Crippen LogP contribution in [0.2, 0.25) is 0 Å². The van der Waals surface area contributed by atoms with Gasteiger partial charge in [-0.15, -0.1) is 0 Å². The van der Waals surface area contributed by atoms with Gasteiger partial charge in [-0.2, -0.15) is 5.10 Å². The molecule has 5 nitrogen and oxygen atoms in total. The lowest BCUT2D eigenvalue weighted by Gasteiger charge is -2.11. The van der Waals surface area contributed by atoms with Crippen LogP contribution in [0.4, 0.5) is 0 Å². The molecule has 0 aliphatic carbocycles. The van der Waals surface area contributed by atoms with Crippen molar-refractivity contribution >= 4 is 34.4 Å². The quantitative estimate of drug-likeness (QED) is 0.460. The van der Waals surface area contributed by atoms with Crippen LogP contribution in [0.5, 0.6) is 0 Å². The third-order valence-corrected chi connectivity index (χ3v) is 3.74. The van der Waals surface area contributed by atoms with Crippen molar-refractivity contribution in [1.82, 2.24) is 15.7 Å². The summed E-state index contributed by atoms with van der Waals surface area (Å²) in [6.45, 7) is 1.58. The van der Waals surface area contributed by atoms with Gasteiger partial charge in [0, 0.05) is 35.8 Å². The summed E-state index contributed by atoms with van der Waals surface area (Å²) < 4.78 is 5.52. The molecular weight excluding hydrogens is 284 g/mol. The van der Waals surface area contributed by atoms with Gasteiger partial charge in [0.2, 0.25) is 0 Å². The predicted octanol–water partition coefficient (Wildman–Crippen LogP) is 2.14. The highest BCUT2D eigenvalue weighted by atomic mass is 32.1. The van der Waals surface area contributed by atoms with Crippen molar-refractivity contribution in [2.75, 3.05) is 13.2 Å². The molecule has 0 saturated carbocycles. The van der Waals surface area contributed by atoms with E-state index in [0.29, 0.717) is 5.11 Å². The molecule has 1 fully saturated rings. The minimum atomic E-state index is 0.266. The maximum Gasteiger partial charge on any atom is 0.187 e. The summed E-state index contributed by atoms with van der Waals surface area (Å²) in [6, 6.07) is 8.10. The largest absolute Gasteiger partial charge is 0.376 e. The van der Waals surface area contributed by atoms with E-state index in [1.54, 1.807) is 6.21 Å². The van der Waals surface area contributed by atoms with Gasteiger partial charge in [-0.05, 0) is 31.1 Å². The summed E-state index contributed by atoms with van der Waals surface area (Å²) in [5.74, 6) is 0. The normalized spacial score (nSPS) is 18.4. The van der Waals surface area contributed by atoms with Gasteiger partial charge in [-0.25, -0.2) is 0 Å². The number of aromatic nitrogens is 1. The Balaban J connectivity index is 1.50. The number of benzene rings is 1. The fourth-order valence-corrected chi connectivity index (χ4v) is 2.55. The van der Waals surface area contributed by atoms with Gasteiger partial charge in [0.05, 0.1) is 12.3 Å². The third-order valence-electron chi connectivity index (χ3n) is 3.51.